The van der Waals surface area contributed by atoms with Gasteiger partial charge in [-0.05, 0) is 112 Å². The Morgan fingerprint density at radius 2 is 1.26 bits per heavy atom. The molecule has 1 N–H and O–H groups in total. The van der Waals surface area contributed by atoms with E-state index in [0.29, 0.717) is 12.2 Å². The largest absolute Gasteiger partial charge is 0.495 e. The first-order valence-electron chi connectivity index (χ1n) is 16.5. The van der Waals surface area contributed by atoms with Crippen molar-refractivity contribution in [3.05, 3.63) is 82.4 Å². The summed E-state index contributed by atoms with van der Waals surface area (Å²) in [4.78, 5) is 17.6. The third-order valence-corrected chi connectivity index (χ3v) is 8.75. The molecule has 0 atom stereocenters. The molecule has 3 aromatic carbocycles. The van der Waals surface area contributed by atoms with Crippen LogP contribution in [0.5, 0.6) is 5.75 Å². The summed E-state index contributed by atoms with van der Waals surface area (Å²) in [6, 6.07) is 20.0. The molecule has 234 valence electrons. The Kier molecular flexibility index (Phi) is 13.4. The fourth-order valence-electron chi connectivity index (χ4n) is 6.07. The topological polar surface area (TPSA) is 44.8 Å². The minimum atomic E-state index is 0.00300. The summed E-state index contributed by atoms with van der Waals surface area (Å²) in [6.07, 6.45) is 6.16. The zero-order chi connectivity index (χ0) is 31.4. The molecule has 0 radical (unpaired) electrons. The van der Waals surface area contributed by atoms with Gasteiger partial charge in [-0.3, -0.25) is 4.79 Å². The van der Waals surface area contributed by atoms with Crippen LogP contribution in [0.25, 0.3) is 0 Å². The summed E-state index contributed by atoms with van der Waals surface area (Å²) in [5, 5.41) is 3.12. The van der Waals surface area contributed by atoms with Gasteiger partial charge in [0.2, 0.25) is 5.91 Å². The standard InChI is InChI=1S/C38H55N3O2/c1-9-14-15-16-17-18-37(42)39-35-24-21-30(25-36(35)43-8)38(33-26-31(22-19-28(33)6)40(10-2)11-3)34-27-32(23-20-29(34)7)41(12-4)13-5/h19-27,38H,9-18H2,1-8H3,(H,39,42). The van der Waals surface area contributed by atoms with Gasteiger partial charge in [-0.2, -0.15) is 0 Å². The second-order valence-corrected chi connectivity index (χ2v) is 11.5. The molecule has 3 aromatic rings. The Balaban J connectivity index is 2.10. The van der Waals surface area contributed by atoms with Gasteiger partial charge in [-0.1, -0.05) is 50.8 Å². The van der Waals surface area contributed by atoms with E-state index in [2.05, 4.69) is 112 Å². The Morgan fingerprint density at radius 3 is 1.74 bits per heavy atom. The molecule has 43 heavy (non-hydrogen) atoms. The fourth-order valence-corrected chi connectivity index (χ4v) is 6.07. The van der Waals surface area contributed by atoms with Gasteiger partial charge in [0.15, 0.2) is 0 Å². The van der Waals surface area contributed by atoms with Crippen LogP contribution in [-0.2, 0) is 4.79 Å². The minimum absolute atomic E-state index is 0.00300. The summed E-state index contributed by atoms with van der Waals surface area (Å²) < 4.78 is 5.89. The number of methoxy groups -OCH3 is 1. The molecular weight excluding hydrogens is 530 g/mol. The van der Waals surface area contributed by atoms with Crippen molar-refractivity contribution in [1.82, 2.24) is 0 Å². The highest BCUT2D eigenvalue weighted by Crippen LogP contribution is 2.41. The van der Waals surface area contributed by atoms with E-state index in [1.807, 2.05) is 6.07 Å². The van der Waals surface area contributed by atoms with E-state index in [9.17, 15) is 4.79 Å². The number of nitrogens with zero attached hydrogens (tertiary/aromatic N) is 2. The van der Waals surface area contributed by atoms with Crippen molar-refractivity contribution in [3.8, 4) is 5.75 Å². The van der Waals surface area contributed by atoms with E-state index in [1.54, 1.807) is 7.11 Å². The third-order valence-electron chi connectivity index (χ3n) is 8.75. The van der Waals surface area contributed by atoms with Crippen LogP contribution in [0.2, 0.25) is 0 Å². The lowest BCUT2D eigenvalue weighted by Gasteiger charge is -2.29. The number of unbranched alkanes of at least 4 members (excludes halogenated alkanes) is 4. The first kappa shape index (κ1) is 34.0. The molecule has 0 aliphatic rings. The number of amides is 1. The smallest absolute Gasteiger partial charge is 0.224 e. The van der Waals surface area contributed by atoms with Crippen molar-refractivity contribution < 1.29 is 9.53 Å². The lowest BCUT2D eigenvalue weighted by Crippen LogP contribution is -2.23. The molecule has 0 aliphatic carbocycles. The van der Waals surface area contributed by atoms with Gasteiger partial charge in [0.05, 0.1) is 12.8 Å². The minimum Gasteiger partial charge on any atom is -0.495 e. The summed E-state index contributed by atoms with van der Waals surface area (Å²) in [7, 11) is 1.69. The average Bonchev–Trinajstić information content (AvgIpc) is 3.01. The van der Waals surface area contributed by atoms with E-state index < -0.39 is 0 Å². The van der Waals surface area contributed by atoms with Crippen molar-refractivity contribution in [1.29, 1.82) is 0 Å². The fraction of sp³-hybridized carbons (Fsp3) is 0.500. The summed E-state index contributed by atoms with van der Waals surface area (Å²) >= 11 is 0. The summed E-state index contributed by atoms with van der Waals surface area (Å²) in [5.41, 5.74) is 9.44. The molecule has 0 unspecified atom stereocenters. The Labute approximate surface area is 261 Å². The molecular formula is C38H55N3O2. The van der Waals surface area contributed by atoms with Crippen LogP contribution in [0.4, 0.5) is 17.1 Å². The molecule has 0 aromatic heterocycles. The molecule has 0 heterocycles. The van der Waals surface area contributed by atoms with Crippen molar-refractivity contribution in [2.75, 3.05) is 48.4 Å². The van der Waals surface area contributed by atoms with E-state index in [1.165, 1.54) is 52.9 Å². The predicted molar refractivity (Wildman–Crippen MR) is 185 cm³/mol. The molecule has 5 nitrogen and oxygen atoms in total. The van der Waals surface area contributed by atoms with Crippen LogP contribution >= 0.6 is 0 Å². The molecule has 5 heteroatoms. The quantitative estimate of drug-likeness (QED) is 0.127. The molecule has 0 spiro atoms. The molecule has 1 amide bonds. The van der Waals surface area contributed by atoms with Gasteiger partial charge < -0.3 is 19.9 Å². The lowest BCUT2D eigenvalue weighted by molar-refractivity contribution is -0.116. The van der Waals surface area contributed by atoms with E-state index in [0.717, 1.165) is 50.3 Å². The second-order valence-electron chi connectivity index (χ2n) is 11.5. The summed E-state index contributed by atoms with van der Waals surface area (Å²) in [5.74, 6) is 0.741. The van der Waals surface area contributed by atoms with Gasteiger partial charge in [-0.15, -0.1) is 0 Å². The first-order valence-corrected chi connectivity index (χ1v) is 16.5. The highest BCUT2D eigenvalue weighted by molar-refractivity contribution is 5.92. The van der Waals surface area contributed by atoms with Crippen LogP contribution in [0.3, 0.4) is 0 Å². The number of hydrogen-bond donors (Lipinski definition) is 1. The lowest BCUT2D eigenvalue weighted by atomic mass is 9.80. The van der Waals surface area contributed by atoms with E-state index >= 15 is 0 Å². The first-order chi connectivity index (χ1) is 20.8. The maximum atomic E-state index is 12.8. The maximum Gasteiger partial charge on any atom is 0.224 e. The van der Waals surface area contributed by atoms with Crippen molar-refractivity contribution in [3.63, 3.8) is 0 Å². The number of carbonyl (C=O) groups excluding carboxylic acids is 1. The number of hydrogen-bond acceptors (Lipinski definition) is 4. The average molecular weight is 586 g/mol. The molecule has 0 fully saturated rings. The van der Waals surface area contributed by atoms with Gasteiger partial charge in [0, 0.05) is 49.9 Å². The number of anilines is 3. The number of nitrogens with one attached hydrogen (secondary N) is 1. The number of ether oxygens (including phenoxy) is 1. The Morgan fingerprint density at radius 1 is 0.721 bits per heavy atom. The van der Waals surface area contributed by atoms with Crippen molar-refractivity contribution >= 4 is 23.0 Å². The van der Waals surface area contributed by atoms with Crippen LogP contribution in [-0.4, -0.2) is 39.2 Å². The summed E-state index contributed by atoms with van der Waals surface area (Å²) in [6.45, 7) is 19.3. The van der Waals surface area contributed by atoms with E-state index in [-0.39, 0.29) is 11.8 Å². The Bertz CT molecular complexity index is 1250. The monoisotopic (exact) mass is 585 g/mol. The number of benzene rings is 3. The zero-order valence-corrected chi connectivity index (χ0v) is 28.1. The molecule has 3 rings (SSSR count). The number of aryl methyl sites for hydroxylation is 2. The van der Waals surface area contributed by atoms with Gasteiger partial charge in [0.1, 0.15) is 5.75 Å². The van der Waals surface area contributed by atoms with Crippen LogP contribution in [0, 0.1) is 13.8 Å². The molecule has 0 aliphatic heterocycles. The second kappa shape index (κ2) is 17.0. The van der Waals surface area contributed by atoms with Gasteiger partial charge >= 0.3 is 0 Å². The van der Waals surface area contributed by atoms with Gasteiger partial charge in [-0.25, -0.2) is 0 Å². The number of carbonyl (C=O) groups is 1. The Hall–Kier alpha value is -3.47. The zero-order valence-electron chi connectivity index (χ0n) is 28.1. The van der Waals surface area contributed by atoms with Crippen molar-refractivity contribution in [2.45, 2.75) is 92.9 Å². The molecule has 0 saturated heterocycles. The van der Waals surface area contributed by atoms with E-state index in [4.69, 9.17) is 4.74 Å². The maximum absolute atomic E-state index is 12.8. The van der Waals surface area contributed by atoms with Crippen LogP contribution in [0.15, 0.2) is 54.6 Å². The third kappa shape index (κ3) is 8.78. The highest BCUT2D eigenvalue weighted by Gasteiger charge is 2.24. The van der Waals surface area contributed by atoms with Crippen LogP contribution < -0.4 is 19.9 Å². The molecule has 0 bridgehead atoms. The highest BCUT2D eigenvalue weighted by atomic mass is 16.5. The number of rotatable bonds is 17. The normalized spacial score (nSPS) is 11.1. The molecule has 0 saturated carbocycles. The predicted octanol–water partition coefficient (Wildman–Crippen LogP) is 9.48. The van der Waals surface area contributed by atoms with Crippen molar-refractivity contribution in [2.24, 2.45) is 0 Å². The van der Waals surface area contributed by atoms with Gasteiger partial charge in [0.25, 0.3) is 0 Å². The van der Waals surface area contributed by atoms with Crippen LogP contribution in [0.1, 0.15) is 107 Å². The SMILES string of the molecule is CCCCCCCC(=O)Nc1ccc(C(c2cc(N(CC)CC)ccc2C)c2cc(N(CC)CC)ccc2C)cc1OC.